The van der Waals surface area contributed by atoms with Gasteiger partial charge in [-0.2, -0.15) is 0 Å². The van der Waals surface area contributed by atoms with Gasteiger partial charge in [-0.1, -0.05) is 73.7 Å². The van der Waals surface area contributed by atoms with Crippen LogP contribution in [0, 0.1) is 12.8 Å². The van der Waals surface area contributed by atoms with E-state index >= 15 is 0 Å². The first-order valence-electron chi connectivity index (χ1n) is 10.9. The third-order valence-corrected chi connectivity index (χ3v) is 6.85. The summed E-state index contributed by atoms with van der Waals surface area (Å²) in [5, 5.41) is 14.6. The van der Waals surface area contributed by atoms with Crippen molar-refractivity contribution in [2.45, 2.75) is 32.7 Å². The third-order valence-electron chi connectivity index (χ3n) is 5.77. The van der Waals surface area contributed by atoms with Gasteiger partial charge in [0.05, 0.1) is 5.69 Å². The van der Waals surface area contributed by atoms with Crippen molar-refractivity contribution >= 4 is 34.4 Å². The Balaban J connectivity index is 1.41. The van der Waals surface area contributed by atoms with Crippen LogP contribution in [0.5, 0.6) is 0 Å². The second-order valence-electron chi connectivity index (χ2n) is 8.42. The number of fused-ring (bicyclic) bond motifs is 3. The Kier molecular flexibility index (Phi) is 6.65. The SMILES string of the molecule is Cc1nc(NC(=O)OCC2c3ccccc3-c3ccccc32)sc1C(=O)N[C@@H](C(=O)O)C(C)C. The van der Waals surface area contributed by atoms with E-state index in [9.17, 15) is 19.5 Å². The number of amides is 2. The number of aryl methyl sites for hydroxylation is 1. The van der Waals surface area contributed by atoms with Crippen molar-refractivity contribution in [1.29, 1.82) is 0 Å². The first kappa shape index (κ1) is 23.4. The zero-order chi connectivity index (χ0) is 24.4. The molecule has 34 heavy (non-hydrogen) atoms. The minimum Gasteiger partial charge on any atom is -0.480 e. The number of hydrogen-bond acceptors (Lipinski definition) is 6. The highest BCUT2D eigenvalue weighted by Gasteiger charge is 2.29. The number of ether oxygens (including phenoxy) is 1. The number of carbonyl (C=O) groups is 3. The minimum atomic E-state index is -1.11. The van der Waals surface area contributed by atoms with Gasteiger partial charge in [-0.25, -0.2) is 14.6 Å². The Morgan fingerprint density at radius 2 is 1.65 bits per heavy atom. The van der Waals surface area contributed by atoms with Gasteiger partial charge < -0.3 is 15.2 Å². The van der Waals surface area contributed by atoms with Crippen molar-refractivity contribution in [1.82, 2.24) is 10.3 Å². The first-order chi connectivity index (χ1) is 16.3. The van der Waals surface area contributed by atoms with E-state index in [-0.39, 0.29) is 28.5 Å². The van der Waals surface area contributed by atoms with Gasteiger partial charge in [0, 0.05) is 5.92 Å². The molecule has 4 rings (SSSR count). The molecule has 0 saturated heterocycles. The maximum Gasteiger partial charge on any atom is 0.413 e. The van der Waals surface area contributed by atoms with Gasteiger partial charge in [0.2, 0.25) is 0 Å². The third kappa shape index (κ3) is 4.65. The fourth-order valence-electron chi connectivity index (χ4n) is 4.10. The summed E-state index contributed by atoms with van der Waals surface area (Å²) in [6.45, 7) is 5.21. The highest BCUT2D eigenvalue weighted by molar-refractivity contribution is 7.17. The van der Waals surface area contributed by atoms with Crippen molar-refractivity contribution in [2.75, 3.05) is 11.9 Å². The van der Waals surface area contributed by atoms with Crippen LogP contribution in [-0.2, 0) is 9.53 Å². The highest BCUT2D eigenvalue weighted by Crippen LogP contribution is 2.44. The first-order valence-corrected chi connectivity index (χ1v) is 11.7. The lowest BCUT2D eigenvalue weighted by Gasteiger charge is -2.17. The normalized spacial score (nSPS) is 13.2. The summed E-state index contributed by atoms with van der Waals surface area (Å²) >= 11 is 0.969. The van der Waals surface area contributed by atoms with Crippen LogP contribution < -0.4 is 10.6 Å². The van der Waals surface area contributed by atoms with Crippen molar-refractivity contribution in [3.8, 4) is 11.1 Å². The van der Waals surface area contributed by atoms with Crippen LogP contribution in [0.2, 0.25) is 0 Å². The summed E-state index contributed by atoms with van der Waals surface area (Å²) in [5.74, 6) is -2.01. The lowest BCUT2D eigenvalue weighted by atomic mass is 9.98. The molecule has 3 N–H and O–H groups in total. The molecule has 0 aliphatic heterocycles. The van der Waals surface area contributed by atoms with E-state index in [1.807, 2.05) is 36.4 Å². The number of rotatable bonds is 7. The molecule has 0 saturated carbocycles. The Bertz CT molecular complexity index is 1210. The smallest absolute Gasteiger partial charge is 0.413 e. The fourth-order valence-corrected chi connectivity index (χ4v) is 4.96. The van der Waals surface area contributed by atoms with Crippen molar-refractivity contribution in [2.24, 2.45) is 5.92 Å². The summed E-state index contributed by atoms with van der Waals surface area (Å²) in [6.07, 6.45) is -0.673. The Hall–Kier alpha value is -3.72. The number of hydrogen-bond donors (Lipinski definition) is 3. The van der Waals surface area contributed by atoms with Gasteiger partial charge >= 0.3 is 12.1 Å². The summed E-state index contributed by atoms with van der Waals surface area (Å²) in [4.78, 5) is 40.9. The number of nitrogens with one attached hydrogen (secondary N) is 2. The topological polar surface area (TPSA) is 118 Å². The molecule has 1 aromatic heterocycles. The van der Waals surface area contributed by atoms with Crippen molar-refractivity contribution < 1.29 is 24.2 Å². The van der Waals surface area contributed by atoms with E-state index in [1.54, 1.807) is 20.8 Å². The molecule has 1 heterocycles. The number of nitrogens with zero attached hydrogens (tertiary/aromatic N) is 1. The van der Waals surface area contributed by atoms with E-state index in [0.717, 1.165) is 33.6 Å². The van der Waals surface area contributed by atoms with Crippen molar-refractivity contribution in [3.63, 3.8) is 0 Å². The van der Waals surface area contributed by atoms with Gasteiger partial charge in [-0.3, -0.25) is 10.1 Å². The van der Waals surface area contributed by atoms with Gasteiger partial charge in [0.15, 0.2) is 5.13 Å². The summed E-state index contributed by atoms with van der Waals surface area (Å²) in [5.41, 5.74) is 4.89. The highest BCUT2D eigenvalue weighted by atomic mass is 32.1. The van der Waals surface area contributed by atoms with E-state index in [4.69, 9.17) is 4.74 Å². The Morgan fingerprint density at radius 3 is 2.21 bits per heavy atom. The molecule has 1 aliphatic rings. The molecule has 1 aliphatic carbocycles. The summed E-state index contributed by atoms with van der Waals surface area (Å²) < 4.78 is 5.52. The minimum absolute atomic E-state index is 0.0681. The number of aliphatic carboxylic acids is 1. The van der Waals surface area contributed by atoms with Crippen LogP contribution in [0.25, 0.3) is 11.1 Å². The molecule has 0 fully saturated rings. The maximum atomic E-state index is 12.6. The number of carboxylic acids is 1. The lowest BCUT2D eigenvalue weighted by molar-refractivity contribution is -0.140. The van der Waals surface area contributed by atoms with Gasteiger partial charge in [0.1, 0.15) is 17.5 Å². The Morgan fingerprint density at radius 1 is 1.06 bits per heavy atom. The quantitative estimate of drug-likeness (QED) is 0.454. The van der Waals surface area contributed by atoms with Crippen LogP contribution in [0.15, 0.2) is 48.5 Å². The molecule has 0 spiro atoms. The van der Waals surface area contributed by atoms with Crippen LogP contribution in [0.4, 0.5) is 9.93 Å². The second-order valence-corrected chi connectivity index (χ2v) is 9.42. The lowest BCUT2D eigenvalue weighted by Crippen LogP contribution is -2.44. The van der Waals surface area contributed by atoms with Crippen LogP contribution in [-0.4, -0.2) is 40.7 Å². The molecule has 1 atom stereocenters. The van der Waals surface area contributed by atoms with E-state index in [1.165, 1.54) is 0 Å². The number of anilines is 1. The molecule has 176 valence electrons. The molecule has 3 aromatic rings. The number of carbonyl (C=O) groups excluding carboxylic acids is 2. The van der Waals surface area contributed by atoms with Gasteiger partial charge in [-0.05, 0) is 35.1 Å². The molecule has 8 nitrogen and oxygen atoms in total. The monoisotopic (exact) mass is 479 g/mol. The molecule has 2 aromatic carbocycles. The van der Waals surface area contributed by atoms with E-state index < -0.39 is 24.0 Å². The molecule has 0 radical (unpaired) electrons. The molecule has 0 unspecified atom stereocenters. The van der Waals surface area contributed by atoms with Gasteiger partial charge in [0.25, 0.3) is 5.91 Å². The number of aromatic nitrogens is 1. The zero-order valence-electron chi connectivity index (χ0n) is 19.0. The van der Waals surface area contributed by atoms with E-state index in [2.05, 4.69) is 27.8 Å². The Labute approximate surface area is 201 Å². The summed E-state index contributed by atoms with van der Waals surface area (Å²) in [7, 11) is 0. The van der Waals surface area contributed by atoms with Gasteiger partial charge in [-0.15, -0.1) is 0 Å². The molecular weight excluding hydrogens is 454 g/mol. The predicted molar refractivity (Wildman–Crippen MR) is 129 cm³/mol. The van der Waals surface area contributed by atoms with Crippen molar-refractivity contribution in [3.05, 3.63) is 70.2 Å². The van der Waals surface area contributed by atoms with Crippen LogP contribution in [0.1, 0.15) is 46.3 Å². The van der Waals surface area contributed by atoms with Crippen LogP contribution in [0.3, 0.4) is 0 Å². The zero-order valence-corrected chi connectivity index (χ0v) is 19.8. The molecular formula is C25H25N3O5S. The standard InChI is InChI=1S/C25H25N3O5S/c1-13(2)20(23(30)31)27-22(29)21-14(3)26-24(34-21)28-25(32)33-12-19-17-10-6-4-8-15(17)16-9-5-7-11-18(16)19/h4-11,13,19-20H,12H2,1-3H3,(H,27,29)(H,30,31)(H,26,28,32)/t20-/m1/s1. The fraction of sp³-hybridized carbons (Fsp3) is 0.280. The van der Waals surface area contributed by atoms with E-state index in [0.29, 0.717) is 5.69 Å². The molecule has 2 amide bonds. The number of thiazole rings is 1. The van der Waals surface area contributed by atoms with Crippen LogP contribution >= 0.6 is 11.3 Å². The number of carboxylic acid groups (broad SMARTS) is 1. The summed E-state index contributed by atoms with van der Waals surface area (Å²) in [6, 6.07) is 15.1. The largest absolute Gasteiger partial charge is 0.480 e. The maximum absolute atomic E-state index is 12.6. The molecule has 9 heteroatoms. The number of benzene rings is 2. The second kappa shape index (κ2) is 9.64. The predicted octanol–water partition coefficient (Wildman–Crippen LogP) is 4.65. The average Bonchev–Trinajstić information content (AvgIpc) is 3.32. The average molecular weight is 480 g/mol. The molecule has 0 bridgehead atoms.